The molecule has 0 aliphatic rings. The molecule has 0 saturated carbocycles. The van der Waals surface area contributed by atoms with E-state index in [1.165, 1.54) is 11.1 Å². The second-order valence-corrected chi connectivity index (χ2v) is 6.11. The van der Waals surface area contributed by atoms with Crippen molar-refractivity contribution in [3.8, 4) is 0 Å². The van der Waals surface area contributed by atoms with Gasteiger partial charge in [0.15, 0.2) is 0 Å². The summed E-state index contributed by atoms with van der Waals surface area (Å²) in [4.78, 5) is 11.4. The fraction of sp³-hybridized carbons (Fsp3) is 0.238. The number of hydrogen-bond donors (Lipinski definition) is 1. The van der Waals surface area contributed by atoms with Gasteiger partial charge in [0.05, 0.1) is 0 Å². The number of rotatable bonds is 6. The van der Waals surface area contributed by atoms with Crippen molar-refractivity contribution >= 4 is 17.5 Å². The van der Waals surface area contributed by atoms with Crippen LogP contribution in [0.5, 0.6) is 0 Å². The number of para-hydroxylation sites is 1. The van der Waals surface area contributed by atoms with E-state index in [0.717, 1.165) is 23.7 Å². The topological polar surface area (TPSA) is 41.1 Å². The summed E-state index contributed by atoms with van der Waals surface area (Å²) in [6.07, 6.45) is 0. The summed E-state index contributed by atoms with van der Waals surface area (Å²) >= 11 is 0. The zero-order valence-corrected chi connectivity index (χ0v) is 15.0. The van der Waals surface area contributed by atoms with Gasteiger partial charge in [-0.15, -0.1) is 0 Å². The molecule has 0 aliphatic heterocycles. The number of nitrogens with zero attached hydrogens (tertiary/aromatic N) is 3. The third kappa shape index (κ3) is 4.35. The van der Waals surface area contributed by atoms with Gasteiger partial charge < -0.3 is 10.2 Å². The van der Waals surface area contributed by atoms with Gasteiger partial charge in [-0.3, -0.25) is 0 Å². The molecule has 3 rings (SSSR count). The van der Waals surface area contributed by atoms with Crippen LogP contribution in [0.4, 0.5) is 17.5 Å². The molecular formula is C21H24N4. The minimum atomic E-state index is 0.658. The van der Waals surface area contributed by atoms with Crippen molar-refractivity contribution in [2.24, 2.45) is 0 Å². The molecule has 2 aromatic carbocycles. The highest BCUT2D eigenvalue weighted by molar-refractivity contribution is 5.61. The molecule has 0 radical (unpaired) electrons. The van der Waals surface area contributed by atoms with E-state index in [1.807, 2.05) is 31.2 Å². The molecule has 0 saturated heterocycles. The summed E-state index contributed by atoms with van der Waals surface area (Å²) in [6.45, 7) is 7.79. The maximum Gasteiger partial charge on any atom is 0.225 e. The molecule has 0 spiro atoms. The lowest BCUT2D eigenvalue weighted by molar-refractivity contribution is 0.955. The number of benzene rings is 2. The van der Waals surface area contributed by atoms with E-state index in [9.17, 15) is 0 Å². The van der Waals surface area contributed by atoms with Crippen LogP contribution in [0, 0.1) is 13.8 Å². The van der Waals surface area contributed by atoms with Crippen molar-refractivity contribution in [3.05, 3.63) is 77.5 Å². The van der Waals surface area contributed by atoms with Crippen molar-refractivity contribution < 1.29 is 0 Å². The third-order valence-electron chi connectivity index (χ3n) is 4.03. The van der Waals surface area contributed by atoms with E-state index >= 15 is 0 Å². The normalized spacial score (nSPS) is 10.5. The first kappa shape index (κ1) is 17.0. The second-order valence-electron chi connectivity index (χ2n) is 6.11. The number of hydrogen-bond acceptors (Lipinski definition) is 4. The lowest BCUT2D eigenvalue weighted by Gasteiger charge is -2.23. The highest BCUT2D eigenvalue weighted by atomic mass is 15.2. The Bertz CT molecular complexity index is 830. The standard InChI is InChI=1S/C21H24N4/c1-4-25(19-11-6-5-7-12-19)20-14-17(3)23-21(24-20)22-15-18-10-8-9-16(2)13-18/h5-14H,4,15H2,1-3H3,(H,22,23,24). The molecule has 1 heterocycles. The Kier molecular flexibility index (Phi) is 5.29. The molecule has 0 unspecified atom stereocenters. The van der Waals surface area contributed by atoms with Crippen molar-refractivity contribution in [2.45, 2.75) is 27.3 Å². The molecule has 1 aromatic heterocycles. The quantitative estimate of drug-likeness (QED) is 0.699. The van der Waals surface area contributed by atoms with Gasteiger partial charge in [-0.25, -0.2) is 4.98 Å². The maximum atomic E-state index is 4.72. The first-order valence-electron chi connectivity index (χ1n) is 8.63. The van der Waals surface area contributed by atoms with E-state index in [4.69, 9.17) is 4.98 Å². The van der Waals surface area contributed by atoms with Crippen LogP contribution in [0.25, 0.3) is 0 Å². The summed E-state index contributed by atoms with van der Waals surface area (Å²) in [5.41, 5.74) is 4.56. The Labute approximate surface area is 149 Å². The minimum Gasteiger partial charge on any atom is -0.350 e. The highest BCUT2D eigenvalue weighted by Gasteiger charge is 2.11. The van der Waals surface area contributed by atoms with Crippen LogP contribution < -0.4 is 10.2 Å². The highest BCUT2D eigenvalue weighted by Crippen LogP contribution is 2.24. The van der Waals surface area contributed by atoms with Crippen LogP contribution >= 0.6 is 0 Å². The Balaban J connectivity index is 1.82. The number of aromatic nitrogens is 2. The molecule has 0 bridgehead atoms. The third-order valence-corrected chi connectivity index (χ3v) is 4.03. The number of nitrogens with one attached hydrogen (secondary N) is 1. The average Bonchev–Trinajstić information content (AvgIpc) is 2.61. The molecule has 1 N–H and O–H groups in total. The smallest absolute Gasteiger partial charge is 0.225 e. The van der Waals surface area contributed by atoms with Crippen LogP contribution in [0.1, 0.15) is 23.7 Å². The van der Waals surface area contributed by atoms with Crippen LogP contribution in [0.2, 0.25) is 0 Å². The fourth-order valence-corrected chi connectivity index (χ4v) is 2.86. The van der Waals surface area contributed by atoms with Crippen molar-refractivity contribution in [1.82, 2.24) is 9.97 Å². The van der Waals surface area contributed by atoms with Gasteiger partial charge in [-0.2, -0.15) is 4.98 Å². The van der Waals surface area contributed by atoms with Crippen LogP contribution in [-0.4, -0.2) is 16.5 Å². The van der Waals surface area contributed by atoms with E-state index < -0.39 is 0 Å². The van der Waals surface area contributed by atoms with E-state index in [1.54, 1.807) is 0 Å². The Morgan fingerprint density at radius 1 is 0.920 bits per heavy atom. The number of anilines is 3. The zero-order valence-electron chi connectivity index (χ0n) is 15.0. The summed E-state index contributed by atoms with van der Waals surface area (Å²) in [5, 5.41) is 3.35. The summed E-state index contributed by atoms with van der Waals surface area (Å²) < 4.78 is 0. The predicted molar refractivity (Wildman–Crippen MR) is 104 cm³/mol. The average molecular weight is 332 g/mol. The molecule has 3 aromatic rings. The van der Waals surface area contributed by atoms with Crippen LogP contribution in [0.3, 0.4) is 0 Å². The molecule has 4 heteroatoms. The van der Waals surface area contributed by atoms with Gasteiger partial charge in [-0.05, 0) is 38.5 Å². The first-order valence-corrected chi connectivity index (χ1v) is 8.63. The predicted octanol–water partition coefficient (Wildman–Crippen LogP) is 4.86. The first-order chi connectivity index (χ1) is 12.2. The summed E-state index contributed by atoms with van der Waals surface area (Å²) in [7, 11) is 0. The molecule has 0 aliphatic carbocycles. The largest absolute Gasteiger partial charge is 0.350 e. The monoisotopic (exact) mass is 332 g/mol. The van der Waals surface area contributed by atoms with Crippen molar-refractivity contribution in [1.29, 1.82) is 0 Å². The van der Waals surface area contributed by atoms with E-state index in [0.29, 0.717) is 12.5 Å². The van der Waals surface area contributed by atoms with Gasteiger partial charge in [0.1, 0.15) is 5.82 Å². The lowest BCUT2D eigenvalue weighted by atomic mass is 10.1. The minimum absolute atomic E-state index is 0.658. The molecular weight excluding hydrogens is 308 g/mol. The molecule has 0 fully saturated rings. The number of aryl methyl sites for hydroxylation is 2. The van der Waals surface area contributed by atoms with Gasteiger partial charge in [0.2, 0.25) is 5.95 Å². The fourth-order valence-electron chi connectivity index (χ4n) is 2.86. The molecule has 25 heavy (non-hydrogen) atoms. The summed E-state index contributed by atoms with van der Waals surface area (Å²) in [6, 6.07) is 20.8. The zero-order chi connectivity index (χ0) is 17.6. The Hall–Kier alpha value is -2.88. The molecule has 4 nitrogen and oxygen atoms in total. The maximum absolute atomic E-state index is 4.72. The molecule has 0 atom stereocenters. The van der Waals surface area contributed by atoms with Crippen molar-refractivity contribution in [2.75, 3.05) is 16.8 Å². The van der Waals surface area contributed by atoms with Gasteiger partial charge in [-0.1, -0.05) is 48.0 Å². The van der Waals surface area contributed by atoms with Gasteiger partial charge >= 0.3 is 0 Å². The second kappa shape index (κ2) is 7.79. The van der Waals surface area contributed by atoms with Gasteiger partial charge in [0.25, 0.3) is 0 Å². The lowest BCUT2D eigenvalue weighted by Crippen LogP contribution is -2.18. The SMILES string of the molecule is CCN(c1ccccc1)c1cc(C)nc(NCc2cccc(C)c2)n1. The van der Waals surface area contributed by atoms with Crippen LogP contribution in [0.15, 0.2) is 60.7 Å². The van der Waals surface area contributed by atoms with Crippen molar-refractivity contribution in [3.63, 3.8) is 0 Å². The van der Waals surface area contributed by atoms with Gasteiger partial charge in [0, 0.05) is 30.5 Å². The molecule has 0 amide bonds. The Morgan fingerprint density at radius 3 is 2.44 bits per heavy atom. The summed E-state index contributed by atoms with van der Waals surface area (Å²) in [5.74, 6) is 1.57. The van der Waals surface area contributed by atoms with E-state index in [-0.39, 0.29) is 0 Å². The van der Waals surface area contributed by atoms with Crippen LogP contribution in [-0.2, 0) is 6.54 Å². The van der Waals surface area contributed by atoms with E-state index in [2.05, 4.69) is 65.4 Å². The Morgan fingerprint density at radius 2 is 1.72 bits per heavy atom. The molecule has 128 valence electrons.